The molecular formula is C28H29FN4O3. The number of halogens is 1. The molecule has 0 saturated carbocycles. The third kappa shape index (κ3) is 4.73. The molecule has 186 valence electrons. The number of pyridine rings is 2. The summed E-state index contributed by atoms with van der Waals surface area (Å²) in [5.74, 6) is -0.801. The fourth-order valence-electron chi connectivity index (χ4n) is 5.33. The Labute approximate surface area is 209 Å². The van der Waals surface area contributed by atoms with Crippen molar-refractivity contribution in [1.82, 2.24) is 19.8 Å². The number of nitrogens with zero attached hydrogens (tertiary/aromatic N) is 4. The average Bonchev–Trinajstić information content (AvgIpc) is 3.41. The van der Waals surface area contributed by atoms with Gasteiger partial charge in [0, 0.05) is 50.4 Å². The Hall–Kier alpha value is -3.65. The Morgan fingerprint density at radius 3 is 2.72 bits per heavy atom. The minimum absolute atomic E-state index is 0.0557. The first kappa shape index (κ1) is 24.1. The van der Waals surface area contributed by atoms with Gasteiger partial charge in [0.2, 0.25) is 5.91 Å². The van der Waals surface area contributed by atoms with E-state index in [1.54, 1.807) is 42.9 Å². The van der Waals surface area contributed by atoms with Crippen molar-refractivity contribution in [2.75, 3.05) is 19.7 Å². The summed E-state index contributed by atoms with van der Waals surface area (Å²) in [5, 5.41) is 0. The Balaban J connectivity index is 1.36. The maximum Gasteiger partial charge on any atom is 0.256 e. The van der Waals surface area contributed by atoms with Crippen LogP contribution in [0, 0.1) is 11.7 Å². The lowest BCUT2D eigenvalue weighted by molar-refractivity contribution is -0.144. The number of carbonyl (C=O) groups excluding carboxylic acids is 2. The summed E-state index contributed by atoms with van der Waals surface area (Å²) in [7, 11) is 0. The fourth-order valence-corrected chi connectivity index (χ4v) is 5.33. The van der Waals surface area contributed by atoms with Gasteiger partial charge in [0.05, 0.1) is 29.3 Å². The molecule has 0 radical (unpaired) electrons. The Morgan fingerprint density at radius 2 is 1.94 bits per heavy atom. The van der Waals surface area contributed by atoms with Crippen molar-refractivity contribution in [1.29, 1.82) is 0 Å². The molecule has 3 atom stereocenters. The summed E-state index contributed by atoms with van der Waals surface area (Å²) in [6.45, 7) is 4.03. The summed E-state index contributed by atoms with van der Waals surface area (Å²) < 4.78 is 20.0. The first-order valence-corrected chi connectivity index (χ1v) is 12.4. The zero-order chi connectivity index (χ0) is 25.1. The molecule has 8 heteroatoms. The smallest absolute Gasteiger partial charge is 0.256 e. The van der Waals surface area contributed by atoms with Crippen molar-refractivity contribution < 1.29 is 18.7 Å². The molecule has 0 N–H and O–H groups in total. The molecule has 4 heterocycles. The van der Waals surface area contributed by atoms with E-state index in [-0.39, 0.29) is 35.7 Å². The van der Waals surface area contributed by atoms with E-state index in [9.17, 15) is 14.0 Å². The van der Waals surface area contributed by atoms with Gasteiger partial charge < -0.3 is 14.5 Å². The van der Waals surface area contributed by atoms with E-state index in [0.29, 0.717) is 55.9 Å². The molecule has 3 aromatic rings. The highest BCUT2D eigenvalue weighted by atomic mass is 19.1. The molecular weight excluding hydrogens is 459 g/mol. The first-order valence-electron chi connectivity index (χ1n) is 12.4. The van der Waals surface area contributed by atoms with Crippen LogP contribution in [0.15, 0.2) is 67.1 Å². The SMILES string of the molecule is CCN(Cc1ccncc1)C(=O)[C@@H]1CCN(C(=O)c2cccnc2-c2cccc(F)c2)[C@@H]2CCO[C@@H]21. The van der Waals surface area contributed by atoms with Gasteiger partial charge >= 0.3 is 0 Å². The van der Waals surface area contributed by atoms with E-state index in [1.807, 2.05) is 28.9 Å². The lowest BCUT2D eigenvalue weighted by Gasteiger charge is -2.42. The molecule has 2 saturated heterocycles. The maximum absolute atomic E-state index is 13.9. The highest BCUT2D eigenvalue weighted by Gasteiger charge is 2.47. The maximum atomic E-state index is 13.9. The molecule has 2 fully saturated rings. The van der Waals surface area contributed by atoms with Crippen LogP contribution in [-0.4, -0.2) is 63.4 Å². The molecule has 0 unspecified atom stereocenters. The van der Waals surface area contributed by atoms with Crippen molar-refractivity contribution >= 4 is 11.8 Å². The number of piperidine rings is 1. The zero-order valence-electron chi connectivity index (χ0n) is 20.2. The van der Waals surface area contributed by atoms with E-state index in [0.717, 1.165) is 5.56 Å². The standard InChI is InChI=1S/C28H29FN4O3/c1-2-32(18-19-8-13-30-14-9-19)27(34)23-10-15-33(24-11-16-36-26(23)24)28(35)22-7-4-12-31-25(22)20-5-3-6-21(29)17-20/h3-9,12-14,17,23-24,26H,2,10-11,15-16,18H2,1H3/t23-,24-,26-/m1/s1. The predicted octanol–water partition coefficient (Wildman–Crippen LogP) is 3.95. The normalized spacial score (nSPS) is 21.2. The molecule has 2 aromatic heterocycles. The van der Waals surface area contributed by atoms with Crippen molar-refractivity contribution in [3.8, 4) is 11.3 Å². The van der Waals surface area contributed by atoms with Crippen molar-refractivity contribution in [2.45, 2.75) is 38.5 Å². The van der Waals surface area contributed by atoms with Crippen LogP contribution < -0.4 is 0 Å². The molecule has 7 nitrogen and oxygen atoms in total. The molecule has 5 rings (SSSR count). The fraction of sp³-hybridized carbons (Fsp3) is 0.357. The van der Waals surface area contributed by atoms with Crippen LogP contribution in [0.2, 0.25) is 0 Å². The number of likely N-dealkylation sites (tertiary alicyclic amines) is 1. The highest BCUT2D eigenvalue weighted by molar-refractivity contribution is 6.00. The number of amides is 2. The second kappa shape index (κ2) is 10.5. The Kier molecular flexibility index (Phi) is 7.04. The van der Waals surface area contributed by atoms with Gasteiger partial charge in [-0.2, -0.15) is 0 Å². The summed E-state index contributed by atoms with van der Waals surface area (Å²) >= 11 is 0. The molecule has 2 aliphatic rings. The summed E-state index contributed by atoms with van der Waals surface area (Å²) in [6.07, 6.45) is 5.90. The summed E-state index contributed by atoms with van der Waals surface area (Å²) in [6, 6.07) is 13.2. The molecule has 36 heavy (non-hydrogen) atoms. The van der Waals surface area contributed by atoms with Crippen molar-refractivity contribution in [2.24, 2.45) is 5.92 Å². The van der Waals surface area contributed by atoms with Gasteiger partial charge in [-0.25, -0.2) is 4.39 Å². The molecule has 0 bridgehead atoms. The summed E-state index contributed by atoms with van der Waals surface area (Å²) in [5.41, 5.74) is 2.45. The largest absolute Gasteiger partial charge is 0.375 e. The van der Waals surface area contributed by atoms with Crippen LogP contribution in [0.25, 0.3) is 11.3 Å². The van der Waals surface area contributed by atoms with E-state index in [1.165, 1.54) is 12.1 Å². The zero-order valence-corrected chi connectivity index (χ0v) is 20.2. The number of aromatic nitrogens is 2. The average molecular weight is 489 g/mol. The number of ether oxygens (including phenoxy) is 1. The van der Waals surface area contributed by atoms with Gasteiger partial charge in [-0.1, -0.05) is 12.1 Å². The Bertz CT molecular complexity index is 1240. The first-order chi connectivity index (χ1) is 17.6. The number of rotatable bonds is 6. The van der Waals surface area contributed by atoms with Crippen LogP contribution in [-0.2, 0) is 16.1 Å². The second-order valence-corrected chi connectivity index (χ2v) is 9.20. The van der Waals surface area contributed by atoms with E-state index in [2.05, 4.69) is 9.97 Å². The monoisotopic (exact) mass is 488 g/mol. The lowest BCUT2D eigenvalue weighted by Crippen LogP contribution is -2.56. The second-order valence-electron chi connectivity index (χ2n) is 9.20. The van der Waals surface area contributed by atoms with Gasteiger partial charge in [-0.3, -0.25) is 19.6 Å². The van der Waals surface area contributed by atoms with Crippen LogP contribution in [0.4, 0.5) is 4.39 Å². The Morgan fingerprint density at radius 1 is 1.11 bits per heavy atom. The predicted molar refractivity (Wildman–Crippen MR) is 132 cm³/mol. The molecule has 2 amide bonds. The van der Waals surface area contributed by atoms with E-state index in [4.69, 9.17) is 4.74 Å². The summed E-state index contributed by atoms with van der Waals surface area (Å²) in [4.78, 5) is 39.5. The third-order valence-corrected chi connectivity index (χ3v) is 7.11. The minimum atomic E-state index is -0.382. The van der Waals surface area contributed by atoms with Gasteiger partial charge in [-0.05, 0) is 61.7 Å². The molecule has 1 aromatic carbocycles. The van der Waals surface area contributed by atoms with Crippen LogP contribution in [0.3, 0.4) is 0 Å². The number of carbonyl (C=O) groups is 2. The number of benzene rings is 1. The number of fused-ring (bicyclic) bond motifs is 1. The van der Waals surface area contributed by atoms with Crippen molar-refractivity contribution in [3.05, 3.63) is 84.1 Å². The number of hydrogen-bond acceptors (Lipinski definition) is 5. The number of hydrogen-bond donors (Lipinski definition) is 0. The van der Waals surface area contributed by atoms with Gasteiger partial charge in [-0.15, -0.1) is 0 Å². The van der Waals surface area contributed by atoms with E-state index >= 15 is 0 Å². The molecule has 0 aliphatic carbocycles. The van der Waals surface area contributed by atoms with Crippen LogP contribution >= 0.6 is 0 Å². The van der Waals surface area contributed by atoms with E-state index < -0.39 is 0 Å². The molecule has 0 spiro atoms. The third-order valence-electron chi connectivity index (χ3n) is 7.11. The molecule has 2 aliphatic heterocycles. The van der Waals surface area contributed by atoms with Gasteiger partial charge in [0.1, 0.15) is 5.82 Å². The van der Waals surface area contributed by atoms with Gasteiger partial charge in [0.25, 0.3) is 5.91 Å². The highest BCUT2D eigenvalue weighted by Crippen LogP contribution is 2.36. The van der Waals surface area contributed by atoms with Gasteiger partial charge in [0.15, 0.2) is 0 Å². The minimum Gasteiger partial charge on any atom is -0.375 e. The van der Waals surface area contributed by atoms with Crippen molar-refractivity contribution in [3.63, 3.8) is 0 Å². The van der Waals surface area contributed by atoms with Crippen LogP contribution in [0.5, 0.6) is 0 Å². The lowest BCUT2D eigenvalue weighted by atomic mass is 9.85. The van der Waals surface area contributed by atoms with Crippen LogP contribution in [0.1, 0.15) is 35.7 Å². The quantitative estimate of drug-likeness (QED) is 0.525. The topological polar surface area (TPSA) is 75.6 Å².